The number of nitrogens with zero attached hydrogens (tertiary/aromatic N) is 1. The van der Waals surface area contributed by atoms with Crippen LogP contribution in [0.25, 0.3) is 22.3 Å². The van der Waals surface area contributed by atoms with Crippen LogP contribution in [0.4, 0.5) is 0 Å². The van der Waals surface area contributed by atoms with Crippen LogP contribution in [0.15, 0.2) is 60.7 Å². The second kappa shape index (κ2) is 18.5. The third-order valence-electron chi connectivity index (χ3n) is 10.6. The highest BCUT2D eigenvalue weighted by molar-refractivity contribution is 5.79. The number of aromatic hydroxyl groups is 4. The van der Waals surface area contributed by atoms with E-state index in [9.17, 15) is 25.3 Å². The standard InChI is InChI=1S/C46H61NO7/c1-31-21-32(2)24-35(23-31)43-39(48)27-37(28-40(43)49)45(5,6)17-13-9-11-15-19-53-47(52)54-20-16-12-10-14-18-46(7,8)38-29-41(50)44(42(51)30-38)36-25-33(3)22-34(4)26-36/h21-30H,9-20H2,1-8H3,(H3-,48,49,50,51)/p+1. The molecule has 0 aromatic heterocycles. The van der Waals surface area contributed by atoms with Gasteiger partial charge >= 0.3 is 5.09 Å². The monoisotopic (exact) mass is 740 g/mol. The van der Waals surface area contributed by atoms with E-state index in [-0.39, 0.29) is 38.9 Å². The summed E-state index contributed by atoms with van der Waals surface area (Å²) in [7, 11) is 0. The van der Waals surface area contributed by atoms with Crippen LogP contribution >= 0.6 is 0 Å². The highest BCUT2D eigenvalue weighted by Crippen LogP contribution is 2.44. The highest BCUT2D eigenvalue weighted by atomic mass is 17.0. The fourth-order valence-electron chi connectivity index (χ4n) is 7.48. The third-order valence-corrected chi connectivity index (χ3v) is 10.6. The number of hydrogen-bond donors (Lipinski definition) is 4. The Bertz CT molecular complexity index is 1670. The third kappa shape index (κ3) is 11.6. The van der Waals surface area contributed by atoms with Crippen molar-refractivity contribution in [3.05, 3.63) is 99.0 Å². The molecule has 0 atom stereocenters. The molecule has 4 N–H and O–H groups in total. The number of aryl methyl sites for hydroxylation is 4. The molecule has 4 aromatic carbocycles. The second-order valence-corrected chi connectivity index (χ2v) is 16.5. The Morgan fingerprint density at radius 1 is 0.463 bits per heavy atom. The number of unbranched alkanes of at least 4 members (excludes halogenated alkanes) is 6. The summed E-state index contributed by atoms with van der Waals surface area (Å²) >= 11 is 0. The Morgan fingerprint density at radius 3 is 1.07 bits per heavy atom. The first-order valence-electron chi connectivity index (χ1n) is 19.5. The molecule has 0 heterocycles. The molecule has 0 aliphatic rings. The van der Waals surface area contributed by atoms with E-state index in [1.54, 1.807) is 24.3 Å². The molecule has 4 rings (SSSR count). The lowest BCUT2D eigenvalue weighted by molar-refractivity contribution is -0.981. The lowest BCUT2D eigenvalue weighted by atomic mass is 9.79. The van der Waals surface area contributed by atoms with Gasteiger partial charge in [0.1, 0.15) is 27.9 Å². The minimum absolute atomic E-state index is 0.0841. The van der Waals surface area contributed by atoms with Crippen LogP contribution in [-0.2, 0) is 20.5 Å². The maximum atomic E-state index is 12.0. The summed E-state index contributed by atoms with van der Waals surface area (Å²) in [6.07, 6.45) is 8.97. The molecule has 292 valence electrons. The van der Waals surface area contributed by atoms with Crippen molar-refractivity contribution >= 4 is 0 Å². The van der Waals surface area contributed by atoms with E-state index in [0.717, 1.165) is 109 Å². The predicted molar refractivity (Wildman–Crippen MR) is 217 cm³/mol. The van der Waals surface area contributed by atoms with Crippen molar-refractivity contribution in [2.75, 3.05) is 13.2 Å². The summed E-state index contributed by atoms with van der Waals surface area (Å²) in [5.74, 6) is 0.336. The van der Waals surface area contributed by atoms with Crippen molar-refractivity contribution < 1.29 is 35.2 Å². The topological polar surface area (TPSA) is 119 Å². The molecule has 0 saturated heterocycles. The van der Waals surface area contributed by atoms with Crippen LogP contribution in [0.2, 0.25) is 0 Å². The normalized spacial score (nSPS) is 11.9. The van der Waals surface area contributed by atoms with Gasteiger partial charge in [-0.1, -0.05) is 112 Å². The lowest BCUT2D eigenvalue weighted by Gasteiger charge is -2.26. The molecule has 0 spiro atoms. The van der Waals surface area contributed by atoms with Crippen molar-refractivity contribution in [3.63, 3.8) is 0 Å². The zero-order valence-corrected chi connectivity index (χ0v) is 33.7. The van der Waals surface area contributed by atoms with Crippen LogP contribution in [0.5, 0.6) is 23.0 Å². The van der Waals surface area contributed by atoms with Crippen LogP contribution in [-0.4, -0.2) is 38.7 Å². The van der Waals surface area contributed by atoms with E-state index in [4.69, 9.17) is 9.68 Å². The molecule has 4 aromatic rings. The molecule has 0 fully saturated rings. The fraction of sp³-hybridized carbons (Fsp3) is 0.478. The maximum absolute atomic E-state index is 12.0. The van der Waals surface area contributed by atoms with Gasteiger partial charge in [0.25, 0.3) is 0 Å². The van der Waals surface area contributed by atoms with Gasteiger partial charge in [-0.15, -0.1) is 0 Å². The van der Waals surface area contributed by atoms with Crippen molar-refractivity contribution in [2.24, 2.45) is 0 Å². The van der Waals surface area contributed by atoms with Crippen LogP contribution < -0.4 is 0 Å². The first kappa shape index (κ1) is 42.0. The first-order chi connectivity index (χ1) is 25.5. The van der Waals surface area contributed by atoms with E-state index in [1.165, 1.54) is 0 Å². The predicted octanol–water partition coefficient (Wildman–Crippen LogP) is 11.9. The second-order valence-electron chi connectivity index (χ2n) is 16.5. The molecule has 8 nitrogen and oxygen atoms in total. The number of phenolic OH excluding ortho intramolecular Hbond substituents is 4. The zero-order valence-electron chi connectivity index (χ0n) is 33.7. The van der Waals surface area contributed by atoms with Gasteiger partial charge in [0, 0.05) is 0 Å². The van der Waals surface area contributed by atoms with E-state index in [2.05, 4.69) is 39.8 Å². The minimum atomic E-state index is -0.232. The van der Waals surface area contributed by atoms with Gasteiger partial charge in [0.05, 0.1) is 11.1 Å². The van der Waals surface area contributed by atoms with Crippen molar-refractivity contribution in [2.45, 2.75) is 130 Å². The number of rotatable bonds is 20. The molecule has 0 bridgehead atoms. The van der Waals surface area contributed by atoms with Gasteiger partial charge < -0.3 is 20.4 Å². The number of benzene rings is 4. The molecular formula is C46H62NO7+. The Morgan fingerprint density at radius 2 is 0.759 bits per heavy atom. The Labute approximate surface area is 322 Å². The molecular weight excluding hydrogens is 679 g/mol. The van der Waals surface area contributed by atoms with Gasteiger partial charge in [-0.05, 0) is 124 Å². The van der Waals surface area contributed by atoms with Crippen molar-refractivity contribution in [1.82, 2.24) is 0 Å². The summed E-state index contributed by atoms with van der Waals surface area (Å²) in [5.41, 5.74) is 8.18. The van der Waals surface area contributed by atoms with Crippen LogP contribution in [0.1, 0.15) is 125 Å². The molecule has 0 unspecified atom stereocenters. The Hall–Kier alpha value is -4.72. The van der Waals surface area contributed by atoms with Crippen LogP contribution in [0.3, 0.4) is 0 Å². The first-order valence-corrected chi connectivity index (χ1v) is 19.5. The Balaban J connectivity index is 1.08. The van der Waals surface area contributed by atoms with Gasteiger partial charge in [-0.3, -0.25) is 0 Å². The number of hydrogen-bond acceptors (Lipinski definition) is 7. The summed E-state index contributed by atoms with van der Waals surface area (Å²) < 4.78 is 0. The van der Waals surface area contributed by atoms with Gasteiger partial charge in [0.15, 0.2) is 13.2 Å². The van der Waals surface area contributed by atoms with E-state index >= 15 is 0 Å². The van der Waals surface area contributed by atoms with Gasteiger partial charge in [-0.2, -0.15) is 9.68 Å². The molecule has 8 heteroatoms. The zero-order chi connectivity index (χ0) is 39.6. The molecule has 0 saturated carbocycles. The van der Waals surface area contributed by atoms with E-state index in [1.807, 2.05) is 52.0 Å². The summed E-state index contributed by atoms with van der Waals surface area (Å²) in [5, 5.41) is 43.7. The van der Waals surface area contributed by atoms with Gasteiger partial charge in [0.2, 0.25) is 0 Å². The summed E-state index contributed by atoms with van der Waals surface area (Å²) in [6, 6.07) is 19.1. The molecule has 0 radical (unpaired) electrons. The Kier molecular flexibility index (Phi) is 14.4. The summed E-state index contributed by atoms with van der Waals surface area (Å²) in [4.78, 5) is 22.4. The van der Waals surface area contributed by atoms with Crippen molar-refractivity contribution in [3.8, 4) is 45.3 Å². The van der Waals surface area contributed by atoms with Crippen molar-refractivity contribution in [1.29, 1.82) is 0 Å². The molecule has 0 aliphatic carbocycles. The minimum Gasteiger partial charge on any atom is -0.507 e. The molecule has 0 aliphatic heterocycles. The number of phenols is 4. The lowest BCUT2D eigenvalue weighted by Crippen LogP contribution is -2.17. The summed E-state index contributed by atoms with van der Waals surface area (Å²) in [6.45, 7) is 17.1. The quantitative estimate of drug-likeness (QED) is 0.0526. The SMILES string of the molecule is Cc1cc(C)cc(-c2c(O)cc(C(C)(C)CCCCCCO[N+](=O)OCCCCCCC(C)(C)c3cc(O)c(-c4cc(C)cc(C)c4)c(O)c3)cc2O)c1. The average molecular weight is 741 g/mol. The molecule has 54 heavy (non-hydrogen) atoms. The van der Waals surface area contributed by atoms with E-state index < -0.39 is 0 Å². The van der Waals surface area contributed by atoms with E-state index in [0.29, 0.717) is 24.3 Å². The average Bonchev–Trinajstić information content (AvgIpc) is 3.06. The maximum Gasteiger partial charge on any atom is 0.477 e. The highest BCUT2D eigenvalue weighted by Gasteiger charge is 2.25. The van der Waals surface area contributed by atoms with Gasteiger partial charge in [-0.25, -0.2) is 0 Å². The largest absolute Gasteiger partial charge is 0.507 e. The fourth-order valence-corrected chi connectivity index (χ4v) is 7.48. The molecule has 0 amide bonds. The smallest absolute Gasteiger partial charge is 0.477 e. The van der Waals surface area contributed by atoms with Crippen LogP contribution in [0, 0.1) is 32.6 Å².